The normalized spacial score (nSPS) is 19.2. The number of nitrogens with one attached hydrogen (secondary N) is 1. The number of nitrogens with zero attached hydrogens (tertiary/aromatic N) is 3. The molecule has 7 nitrogen and oxygen atoms in total. The van der Waals surface area contributed by atoms with E-state index in [-0.39, 0.29) is 23.6 Å². The molecule has 1 aliphatic heterocycles. The first-order valence-electron chi connectivity index (χ1n) is 12.0. The van der Waals surface area contributed by atoms with Crippen molar-refractivity contribution in [1.82, 2.24) is 15.3 Å². The smallest absolute Gasteiger partial charge is 0.278 e. The molecule has 1 saturated carbocycles. The van der Waals surface area contributed by atoms with Crippen molar-refractivity contribution in [1.29, 1.82) is 0 Å². The lowest BCUT2D eigenvalue weighted by molar-refractivity contribution is -0.123. The predicted molar refractivity (Wildman–Crippen MR) is 125 cm³/mol. The first kappa shape index (κ1) is 25.1. The van der Waals surface area contributed by atoms with E-state index in [1.54, 1.807) is 4.90 Å². The van der Waals surface area contributed by atoms with Gasteiger partial charge in [0.2, 0.25) is 11.7 Å². The molecule has 1 aromatic heterocycles. The lowest BCUT2D eigenvalue weighted by atomic mass is 9.91. The van der Waals surface area contributed by atoms with Crippen molar-refractivity contribution >= 4 is 11.7 Å². The van der Waals surface area contributed by atoms with Gasteiger partial charge in [0.1, 0.15) is 12.1 Å². The van der Waals surface area contributed by atoms with Crippen molar-refractivity contribution in [2.24, 2.45) is 5.92 Å². The zero-order chi connectivity index (χ0) is 25.0. The summed E-state index contributed by atoms with van der Waals surface area (Å²) in [6, 6.07) is 7.82. The molecule has 2 aromatic rings. The van der Waals surface area contributed by atoms with Crippen LogP contribution in [0.25, 0.3) is 0 Å². The van der Waals surface area contributed by atoms with Crippen LogP contribution in [0.3, 0.4) is 0 Å². The van der Waals surface area contributed by atoms with Crippen LogP contribution in [0.5, 0.6) is 11.6 Å². The molecule has 2 unspecified atom stereocenters. The number of anilines is 1. The van der Waals surface area contributed by atoms with Gasteiger partial charge in [0, 0.05) is 32.0 Å². The van der Waals surface area contributed by atoms with E-state index in [1.807, 2.05) is 31.2 Å². The molecule has 0 spiro atoms. The molecule has 10 heteroatoms. The SMILES string of the molecule is CC(C(=O)NC1CCC1)c1ccc(OCC2CCN(c3ncnc(OCC(C)(F)F)c3F)C2)cc1. The molecule has 2 fully saturated rings. The van der Waals surface area contributed by atoms with E-state index in [0.717, 1.165) is 31.2 Å². The van der Waals surface area contributed by atoms with Crippen LogP contribution in [0.4, 0.5) is 19.0 Å². The minimum atomic E-state index is -3.09. The van der Waals surface area contributed by atoms with E-state index in [1.165, 1.54) is 6.42 Å². The number of alkyl halides is 2. The van der Waals surface area contributed by atoms with Gasteiger partial charge in [-0.25, -0.2) is 13.8 Å². The molecular formula is C25H31F3N4O3. The van der Waals surface area contributed by atoms with E-state index in [9.17, 15) is 18.0 Å². The van der Waals surface area contributed by atoms with E-state index in [2.05, 4.69) is 15.3 Å². The number of rotatable bonds is 10. The molecule has 35 heavy (non-hydrogen) atoms. The largest absolute Gasteiger partial charge is 0.493 e. The monoisotopic (exact) mass is 492 g/mol. The van der Waals surface area contributed by atoms with Gasteiger partial charge in [-0.2, -0.15) is 9.37 Å². The number of halogens is 3. The minimum absolute atomic E-state index is 0.0374. The Kier molecular flexibility index (Phi) is 7.66. The Hall–Kier alpha value is -3.04. The fourth-order valence-corrected chi connectivity index (χ4v) is 4.12. The van der Waals surface area contributed by atoms with Gasteiger partial charge in [-0.1, -0.05) is 12.1 Å². The second-order valence-electron chi connectivity index (χ2n) is 9.51. The van der Waals surface area contributed by atoms with Gasteiger partial charge >= 0.3 is 0 Å². The summed E-state index contributed by atoms with van der Waals surface area (Å²) in [4.78, 5) is 21.7. The van der Waals surface area contributed by atoms with Crippen LogP contribution in [-0.4, -0.2) is 54.1 Å². The standard InChI is InChI=1S/C25H31F3N4O3/c1-16(23(33)31-19-4-3-5-19)18-6-8-20(9-7-18)34-13-17-10-11-32(12-17)22-21(26)24(30-15-29-22)35-14-25(2,27)28/h6-9,15-17,19H,3-5,10-14H2,1-2H3,(H,31,33). The fourth-order valence-electron chi connectivity index (χ4n) is 4.12. The summed E-state index contributed by atoms with van der Waals surface area (Å²) < 4.78 is 51.6. The third kappa shape index (κ3) is 6.55. The first-order chi connectivity index (χ1) is 16.7. The zero-order valence-electron chi connectivity index (χ0n) is 20.0. The van der Waals surface area contributed by atoms with Gasteiger partial charge in [-0.05, 0) is 50.3 Å². The maximum absolute atomic E-state index is 14.7. The summed E-state index contributed by atoms with van der Waals surface area (Å²) in [6.07, 6.45) is 5.17. The molecule has 1 aromatic carbocycles. The maximum Gasteiger partial charge on any atom is 0.278 e. The first-order valence-corrected chi connectivity index (χ1v) is 12.0. The van der Waals surface area contributed by atoms with Crippen LogP contribution in [0.2, 0.25) is 0 Å². The molecular weight excluding hydrogens is 461 g/mol. The van der Waals surface area contributed by atoms with E-state index < -0.39 is 24.2 Å². The minimum Gasteiger partial charge on any atom is -0.493 e. The second kappa shape index (κ2) is 10.7. The van der Waals surface area contributed by atoms with Crippen LogP contribution in [0, 0.1) is 11.7 Å². The topological polar surface area (TPSA) is 76.6 Å². The van der Waals surface area contributed by atoms with Crippen molar-refractivity contribution in [2.45, 2.75) is 57.4 Å². The van der Waals surface area contributed by atoms with E-state index >= 15 is 0 Å². The predicted octanol–water partition coefficient (Wildman–Crippen LogP) is 4.33. The number of amides is 1. The quantitative estimate of drug-likeness (QED) is 0.532. The number of benzene rings is 1. The molecule has 1 aliphatic carbocycles. The Morgan fingerprint density at radius 3 is 2.60 bits per heavy atom. The highest BCUT2D eigenvalue weighted by Gasteiger charge is 2.29. The van der Waals surface area contributed by atoms with Crippen LogP contribution in [0.1, 0.15) is 51.0 Å². The Morgan fingerprint density at radius 2 is 1.94 bits per heavy atom. The summed E-state index contributed by atoms with van der Waals surface area (Å²) >= 11 is 0. The molecule has 2 heterocycles. The third-order valence-electron chi connectivity index (χ3n) is 6.50. The summed E-state index contributed by atoms with van der Waals surface area (Å²) in [5, 5.41) is 3.08. The van der Waals surface area contributed by atoms with Gasteiger partial charge in [0.05, 0.1) is 12.5 Å². The number of carbonyl (C=O) groups is 1. The average Bonchev–Trinajstić information content (AvgIpc) is 3.27. The Morgan fingerprint density at radius 1 is 1.20 bits per heavy atom. The van der Waals surface area contributed by atoms with Crippen molar-refractivity contribution in [3.05, 3.63) is 42.0 Å². The molecule has 0 radical (unpaired) electrons. The number of hydrogen-bond acceptors (Lipinski definition) is 6. The summed E-state index contributed by atoms with van der Waals surface area (Å²) in [5.74, 6) is -3.72. The lowest BCUT2D eigenvalue weighted by Gasteiger charge is -2.27. The third-order valence-corrected chi connectivity index (χ3v) is 6.50. The Bertz CT molecular complexity index is 1010. The second-order valence-corrected chi connectivity index (χ2v) is 9.51. The highest BCUT2D eigenvalue weighted by atomic mass is 19.3. The van der Waals surface area contributed by atoms with Crippen molar-refractivity contribution in [2.75, 3.05) is 31.2 Å². The van der Waals surface area contributed by atoms with Crippen LogP contribution in [-0.2, 0) is 4.79 Å². The van der Waals surface area contributed by atoms with Crippen LogP contribution in [0.15, 0.2) is 30.6 Å². The fraction of sp³-hybridized carbons (Fsp3) is 0.560. The maximum atomic E-state index is 14.7. The molecule has 1 N–H and O–H groups in total. The summed E-state index contributed by atoms with van der Waals surface area (Å²) in [6.45, 7) is 3.13. The summed E-state index contributed by atoms with van der Waals surface area (Å²) in [5.41, 5.74) is 0.930. The van der Waals surface area contributed by atoms with E-state index in [0.29, 0.717) is 38.4 Å². The van der Waals surface area contributed by atoms with Gasteiger partial charge in [-0.15, -0.1) is 0 Å². The highest BCUT2D eigenvalue weighted by Crippen LogP contribution is 2.29. The lowest BCUT2D eigenvalue weighted by Crippen LogP contribution is -2.41. The Labute approximate surface area is 203 Å². The average molecular weight is 493 g/mol. The number of aromatic nitrogens is 2. The van der Waals surface area contributed by atoms with Crippen molar-refractivity contribution in [3.63, 3.8) is 0 Å². The molecule has 190 valence electrons. The highest BCUT2D eigenvalue weighted by molar-refractivity contribution is 5.83. The molecule has 2 aliphatic rings. The van der Waals surface area contributed by atoms with Crippen LogP contribution < -0.4 is 19.7 Å². The number of ether oxygens (including phenoxy) is 2. The van der Waals surface area contributed by atoms with Gasteiger partial charge in [0.25, 0.3) is 11.8 Å². The van der Waals surface area contributed by atoms with Crippen LogP contribution >= 0.6 is 0 Å². The Balaban J connectivity index is 1.27. The van der Waals surface area contributed by atoms with Gasteiger partial charge in [0.15, 0.2) is 12.4 Å². The molecule has 1 amide bonds. The summed E-state index contributed by atoms with van der Waals surface area (Å²) in [7, 11) is 0. The van der Waals surface area contributed by atoms with E-state index in [4.69, 9.17) is 9.47 Å². The zero-order valence-corrected chi connectivity index (χ0v) is 20.0. The molecule has 2 atom stereocenters. The number of hydrogen-bond donors (Lipinski definition) is 1. The molecule has 4 rings (SSSR count). The molecule has 0 bridgehead atoms. The molecule has 1 saturated heterocycles. The van der Waals surface area contributed by atoms with Gasteiger partial charge < -0.3 is 19.7 Å². The van der Waals surface area contributed by atoms with Crippen molar-refractivity contribution < 1.29 is 27.4 Å². The number of carbonyl (C=O) groups excluding carboxylic acids is 1. The van der Waals surface area contributed by atoms with Crippen molar-refractivity contribution in [3.8, 4) is 11.6 Å². The van der Waals surface area contributed by atoms with Gasteiger partial charge in [-0.3, -0.25) is 4.79 Å².